The molecule has 1 aromatic heterocycles. The molecular formula is C18H19NO4S. The second-order valence-corrected chi connectivity index (χ2v) is 7.41. The maximum atomic E-state index is 11.4. The van der Waals surface area contributed by atoms with Crippen LogP contribution in [0.4, 0.5) is 0 Å². The molecule has 1 saturated heterocycles. The third-order valence-electron chi connectivity index (χ3n) is 4.62. The summed E-state index contributed by atoms with van der Waals surface area (Å²) in [7, 11) is 0. The van der Waals surface area contributed by atoms with Gasteiger partial charge in [0.15, 0.2) is 0 Å². The molecule has 1 aromatic carbocycles. The number of hydrogen-bond donors (Lipinski definition) is 1. The molecule has 2 fully saturated rings. The second kappa shape index (κ2) is 6.53. The van der Waals surface area contributed by atoms with Gasteiger partial charge in [0.2, 0.25) is 0 Å². The topological polar surface area (TPSA) is 68.7 Å². The van der Waals surface area contributed by atoms with Crippen molar-refractivity contribution in [3.8, 4) is 16.3 Å². The smallest absolute Gasteiger partial charge is 0.335 e. The zero-order valence-corrected chi connectivity index (χ0v) is 14.1. The van der Waals surface area contributed by atoms with Crippen LogP contribution in [0.25, 0.3) is 10.6 Å². The van der Waals surface area contributed by atoms with Crippen molar-refractivity contribution in [1.29, 1.82) is 0 Å². The lowest BCUT2D eigenvalue weighted by Gasteiger charge is -2.23. The van der Waals surface area contributed by atoms with E-state index < -0.39 is 5.97 Å². The molecule has 0 unspecified atom stereocenters. The Morgan fingerprint density at radius 1 is 1.29 bits per heavy atom. The fourth-order valence-corrected chi connectivity index (χ4v) is 4.09. The van der Waals surface area contributed by atoms with Gasteiger partial charge in [-0.2, -0.15) is 0 Å². The Kier molecular flexibility index (Phi) is 4.24. The standard InChI is InChI=1S/C18H19NO4S/c20-18(21)13-6-12(7-15(8-13)23-14-4-5-22-10-14)17-19-9-16(24-17)11-2-1-3-11/h6-9,11,14H,1-5,10H2,(H,20,21)/t14-/m0/s1. The first-order chi connectivity index (χ1) is 11.7. The molecule has 0 bridgehead atoms. The van der Waals surface area contributed by atoms with E-state index in [1.54, 1.807) is 23.5 Å². The van der Waals surface area contributed by atoms with Crippen LogP contribution in [0.5, 0.6) is 5.75 Å². The lowest BCUT2D eigenvalue weighted by molar-refractivity contribution is 0.0696. The molecule has 1 aliphatic heterocycles. The lowest BCUT2D eigenvalue weighted by atomic mass is 9.85. The third-order valence-corrected chi connectivity index (χ3v) is 5.83. The Hall–Kier alpha value is -1.92. The fraction of sp³-hybridized carbons (Fsp3) is 0.444. The predicted octanol–water partition coefficient (Wildman–Crippen LogP) is 3.94. The van der Waals surface area contributed by atoms with Crippen LogP contribution in [-0.2, 0) is 4.74 Å². The first kappa shape index (κ1) is 15.6. The van der Waals surface area contributed by atoms with E-state index in [-0.39, 0.29) is 11.7 Å². The molecular weight excluding hydrogens is 326 g/mol. The number of hydrogen-bond acceptors (Lipinski definition) is 5. The molecule has 5 nitrogen and oxygen atoms in total. The van der Waals surface area contributed by atoms with Crippen molar-refractivity contribution in [2.24, 2.45) is 0 Å². The van der Waals surface area contributed by atoms with Crippen LogP contribution < -0.4 is 4.74 Å². The van der Waals surface area contributed by atoms with Crippen molar-refractivity contribution >= 4 is 17.3 Å². The number of aromatic carboxylic acids is 1. The highest BCUT2D eigenvalue weighted by atomic mass is 32.1. The van der Waals surface area contributed by atoms with E-state index in [1.807, 2.05) is 12.3 Å². The molecule has 1 atom stereocenters. The van der Waals surface area contributed by atoms with E-state index in [0.29, 0.717) is 24.9 Å². The average molecular weight is 345 g/mol. The van der Waals surface area contributed by atoms with E-state index in [4.69, 9.17) is 9.47 Å². The summed E-state index contributed by atoms with van der Waals surface area (Å²) in [5.74, 6) is 0.242. The van der Waals surface area contributed by atoms with Gasteiger partial charge in [-0.1, -0.05) is 6.42 Å². The van der Waals surface area contributed by atoms with Gasteiger partial charge in [0, 0.05) is 23.1 Å². The molecule has 4 rings (SSSR count). The van der Waals surface area contributed by atoms with Crippen LogP contribution in [0.2, 0.25) is 0 Å². The average Bonchev–Trinajstić information content (AvgIpc) is 3.17. The van der Waals surface area contributed by atoms with Crippen LogP contribution in [0.3, 0.4) is 0 Å². The maximum Gasteiger partial charge on any atom is 0.335 e. The minimum absolute atomic E-state index is 0.0104. The van der Waals surface area contributed by atoms with Gasteiger partial charge in [0.05, 0.1) is 18.8 Å². The lowest BCUT2D eigenvalue weighted by Crippen LogP contribution is -2.16. The van der Waals surface area contributed by atoms with E-state index in [1.165, 1.54) is 24.1 Å². The molecule has 126 valence electrons. The Morgan fingerprint density at radius 2 is 2.17 bits per heavy atom. The van der Waals surface area contributed by atoms with Crippen molar-refractivity contribution in [1.82, 2.24) is 4.98 Å². The molecule has 1 saturated carbocycles. The summed E-state index contributed by atoms with van der Waals surface area (Å²) < 4.78 is 11.2. The largest absolute Gasteiger partial charge is 0.488 e. The predicted molar refractivity (Wildman–Crippen MR) is 91.0 cm³/mol. The zero-order valence-electron chi connectivity index (χ0n) is 13.2. The Bertz CT molecular complexity index is 747. The van der Waals surface area contributed by atoms with E-state index >= 15 is 0 Å². The van der Waals surface area contributed by atoms with Crippen molar-refractivity contribution in [2.45, 2.75) is 37.7 Å². The summed E-state index contributed by atoms with van der Waals surface area (Å²) in [4.78, 5) is 17.2. The highest BCUT2D eigenvalue weighted by Gasteiger charge is 2.23. The van der Waals surface area contributed by atoms with Crippen molar-refractivity contribution in [2.75, 3.05) is 13.2 Å². The Labute approximate surface area is 144 Å². The van der Waals surface area contributed by atoms with Crippen molar-refractivity contribution < 1.29 is 19.4 Å². The SMILES string of the molecule is O=C(O)c1cc(O[C@H]2CCOC2)cc(-c2ncc(C3CCC3)s2)c1. The number of thiazole rings is 1. The quantitative estimate of drug-likeness (QED) is 0.889. The number of ether oxygens (including phenoxy) is 2. The summed E-state index contributed by atoms with van der Waals surface area (Å²) in [5.41, 5.74) is 1.03. The highest BCUT2D eigenvalue weighted by molar-refractivity contribution is 7.15. The molecule has 2 aliphatic rings. The first-order valence-electron chi connectivity index (χ1n) is 8.28. The molecule has 1 N–H and O–H groups in total. The zero-order chi connectivity index (χ0) is 16.5. The van der Waals surface area contributed by atoms with Crippen LogP contribution >= 0.6 is 11.3 Å². The summed E-state index contributed by atoms with van der Waals surface area (Å²) >= 11 is 1.66. The number of carboxylic acid groups (broad SMARTS) is 1. The van der Waals surface area contributed by atoms with E-state index in [2.05, 4.69) is 4.98 Å². The molecule has 2 aromatic rings. The molecule has 0 radical (unpaired) electrons. The highest BCUT2D eigenvalue weighted by Crippen LogP contribution is 2.41. The van der Waals surface area contributed by atoms with Gasteiger partial charge in [0.1, 0.15) is 16.9 Å². The Morgan fingerprint density at radius 3 is 2.83 bits per heavy atom. The molecule has 24 heavy (non-hydrogen) atoms. The molecule has 2 heterocycles. The number of benzene rings is 1. The van der Waals surface area contributed by atoms with Gasteiger partial charge >= 0.3 is 5.97 Å². The van der Waals surface area contributed by atoms with Crippen molar-refractivity contribution in [3.63, 3.8) is 0 Å². The van der Waals surface area contributed by atoms with Gasteiger partial charge in [-0.25, -0.2) is 9.78 Å². The van der Waals surface area contributed by atoms with Gasteiger partial charge in [0.25, 0.3) is 0 Å². The summed E-state index contributed by atoms with van der Waals surface area (Å²) in [5, 5.41) is 10.2. The minimum Gasteiger partial charge on any atom is -0.488 e. The second-order valence-electron chi connectivity index (χ2n) is 6.35. The number of aromatic nitrogens is 1. The molecule has 0 amide bonds. The monoisotopic (exact) mass is 345 g/mol. The van der Waals surface area contributed by atoms with Gasteiger partial charge in [-0.15, -0.1) is 11.3 Å². The van der Waals surface area contributed by atoms with Crippen LogP contribution in [-0.4, -0.2) is 35.4 Å². The van der Waals surface area contributed by atoms with Crippen LogP contribution in [0.15, 0.2) is 24.4 Å². The van der Waals surface area contributed by atoms with Gasteiger partial charge in [-0.3, -0.25) is 0 Å². The van der Waals surface area contributed by atoms with E-state index in [9.17, 15) is 9.90 Å². The number of rotatable bonds is 5. The van der Waals surface area contributed by atoms with E-state index in [0.717, 1.165) is 17.0 Å². The third kappa shape index (κ3) is 3.16. The molecule has 6 heteroatoms. The minimum atomic E-state index is -0.958. The number of carboxylic acids is 1. The number of carbonyl (C=O) groups is 1. The first-order valence-corrected chi connectivity index (χ1v) is 9.09. The maximum absolute atomic E-state index is 11.4. The number of nitrogens with zero attached hydrogens (tertiary/aromatic N) is 1. The Balaban J connectivity index is 1.63. The molecule has 0 spiro atoms. The summed E-state index contributed by atoms with van der Waals surface area (Å²) in [6.07, 6.45) is 6.50. The fourth-order valence-electron chi connectivity index (χ4n) is 3.01. The van der Waals surface area contributed by atoms with Gasteiger partial charge in [-0.05, 0) is 37.0 Å². The summed E-state index contributed by atoms with van der Waals surface area (Å²) in [6.45, 7) is 1.24. The van der Waals surface area contributed by atoms with Crippen LogP contribution in [0.1, 0.15) is 46.8 Å². The normalized spacial score (nSPS) is 20.8. The molecule has 1 aliphatic carbocycles. The van der Waals surface area contributed by atoms with Gasteiger partial charge < -0.3 is 14.6 Å². The van der Waals surface area contributed by atoms with Crippen LogP contribution in [0, 0.1) is 0 Å². The summed E-state index contributed by atoms with van der Waals surface area (Å²) in [6, 6.07) is 5.13. The van der Waals surface area contributed by atoms with Crippen molar-refractivity contribution in [3.05, 3.63) is 34.8 Å².